The first-order valence-corrected chi connectivity index (χ1v) is 6.28. The summed E-state index contributed by atoms with van der Waals surface area (Å²) in [6, 6.07) is 5.48. The zero-order valence-corrected chi connectivity index (χ0v) is 10.7. The van der Waals surface area contributed by atoms with Gasteiger partial charge in [-0.1, -0.05) is 11.6 Å². The van der Waals surface area contributed by atoms with Gasteiger partial charge in [-0.3, -0.25) is 4.79 Å². The minimum absolute atomic E-state index is 0.0879. The molecule has 1 aliphatic rings. The Morgan fingerprint density at radius 1 is 1.44 bits per heavy atom. The van der Waals surface area contributed by atoms with Crippen molar-refractivity contribution in [1.82, 2.24) is 4.90 Å². The fourth-order valence-electron chi connectivity index (χ4n) is 1.61. The lowest BCUT2D eigenvalue weighted by molar-refractivity contribution is 0.102. The molecular weight excluding hydrogens is 242 g/mol. The number of fused-ring (bicyclic) bond motifs is 1. The summed E-state index contributed by atoms with van der Waals surface area (Å²) in [5, 5.41) is 0.610. The van der Waals surface area contributed by atoms with Gasteiger partial charge in [-0.2, -0.15) is 0 Å². The maximum atomic E-state index is 12.1. The van der Waals surface area contributed by atoms with Crippen molar-refractivity contribution in [3.63, 3.8) is 0 Å². The van der Waals surface area contributed by atoms with Crippen molar-refractivity contribution in [2.75, 3.05) is 19.8 Å². The lowest BCUT2D eigenvalue weighted by Gasteiger charge is -2.18. The van der Waals surface area contributed by atoms with Crippen molar-refractivity contribution >= 4 is 29.1 Å². The highest BCUT2D eigenvalue weighted by Crippen LogP contribution is 2.34. The van der Waals surface area contributed by atoms with Crippen LogP contribution in [0.2, 0.25) is 5.02 Å². The molecule has 0 amide bonds. The van der Waals surface area contributed by atoms with Gasteiger partial charge in [0.2, 0.25) is 0 Å². The fraction of sp³-hybridized carbons (Fsp3) is 0.250. The maximum absolute atomic E-state index is 12.1. The van der Waals surface area contributed by atoms with Gasteiger partial charge in [0.25, 0.3) is 0 Å². The Bertz CT molecular complexity index is 468. The van der Waals surface area contributed by atoms with Crippen LogP contribution in [-0.4, -0.2) is 30.5 Å². The number of carbonyl (C=O) groups excluding carboxylic acids is 1. The van der Waals surface area contributed by atoms with Crippen LogP contribution in [0.25, 0.3) is 0 Å². The van der Waals surface area contributed by atoms with Gasteiger partial charge in [0.05, 0.1) is 0 Å². The first-order chi connectivity index (χ1) is 7.58. The summed E-state index contributed by atoms with van der Waals surface area (Å²) < 4.78 is 0. The van der Waals surface area contributed by atoms with Gasteiger partial charge in [0.1, 0.15) is 0 Å². The molecule has 2 rings (SSSR count). The van der Waals surface area contributed by atoms with E-state index in [0.29, 0.717) is 5.02 Å². The van der Waals surface area contributed by atoms with Gasteiger partial charge in [0, 0.05) is 47.1 Å². The third-order valence-electron chi connectivity index (χ3n) is 2.28. The molecule has 0 fully saturated rings. The van der Waals surface area contributed by atoms with Crippen molar-refractivity contribution in [3.05, 3.63) is 40.6 Å². The number of halogens is 1. The number of Topliss-reactive ketones (excluding diaryl/α,β-unsaturated/α-hetero) is 1. The Balaban J connectivity index is 2.42. The van der Waals surface area contributed by atoms with Crippen LogP contribution in [0.15, 0.2) is 34.9 Å². The third kappa shape index (κ3) is 2.25. The molecule has 1 heterocycles. The molecule has 1 aromatic rings. The van der Waals surface area contributed by atoms with E-state index in [-0.39, 0.29) is 5.78 Å². The summed E-state index contributed by atoms with van der Waals surface area (Å²) in [5.41, 5.74) is 1.54. The number of thioether (sulfide) groups is 1. The molecular formula is C12H12ClNOS. The molecule has 0 saturated heterocycles. The average molecular weight is 254 g/mol. The largest absolute Gasteiger partial charge is 0.383 e. The molecule has 0 bridgehead atoms. The summed E-state index contributed by atoms with van der Waals surface area (Å²) in [7, 11) is 3.83. The lowest BCUT2D eigenvalue weighted by Crippen LogP contribution is -2.15. The van der Waals surface area contributed by atoms with E-state index in [2.05, 4.69) is 0 Å². The van der Waals surface area contributed by atoms with E-state index in [1.54, 1.807) is 17.8 Å². The van der Waals surface area contributed by atoms with Crippen LogP contribution in [0, 0.1) is 0 Å². The second kappa shape index (κ2) is 4.52. The van der Waals surface area contributed by atoms with Gasteiger partial charge >= 0.3 is 0 Å². The molecule has 4 heteroatoms. The second-order valence-corrected chi connectivity index (χ2v) is 5.33. The van der Waals surface area contributed by atoms with E-state index < -0.39 is 0 Å². The highest BCUT2D eigenvalue weighted by molar-refractivity contribution is 7.99. The molecule has 0 radical (unpaired) electrons. The lowest BCUT2D eigenvalue weighted by atomic mass is 10.0. The molecule has 0 aromatic heterocycles. The monoisotopic (exact) mass is 253 g/mol. The van der Waals surface area contributed by atoms with Crippen LogP contribution in [0.5, 0.6) is 0 Å². The predicted octanol–water partition coefficient (Wildman–Crippen LogP) is 3.07. The third-order valence-corrected chi connectivity index (χ3v) is 3.63. The smallest absolute Gasteiger partial charge is 0.192 e. The van der Waals surface area contributed by atoms with Crippen LogP contribution >= 0.6 is 23.4 Å². The van der Waals surface area contributed by atoms with Gasteiger partial charge in [-0.05, 0) is 18.2 Å². The highest BCUT2D eigenvalue weighted by Gasteiger charge is 2.22. The van der Waals surface area contributed by atoms with E-state index in [0.717, 1.165) is 21.8 Å². The van der Waals surface area contributed by atoms with Crippen molar-refractivity contribution in [1.29, 1.82) is 0 Å². The molecule has 1 aliphatic heterocycles. The summed E-state index contributed by atoms with van der Waals surface area (Å²) in [6.45, 7) is 0. The molecule has 0 aliphatic carbocycles. The molecule has 0 spiro atoms. The Morgan fingerprint density at radius 3 is 2.88 bits per heavy atom. The zero-order chi connectivity index (χ0) is 11.7. The van der Waals surface area contributed by atoms with E-state index >= 15 is 0 Å². The van der Waals surface area contributed by atoms with Crippen molar-refractivity contribution in [2.24, 2.45) is 0 Å². The topological polar surface area (TPSA) is 20.3 Å². The summed E-state index contributed by atoms with van der Waals surface area (Å²) in [4.78, 5) is 15.0. The van der Waals surface area contributed by atoms with Gasteiger partial charge in [0.15, 0.2) is 5.78 Å². The van der Waals surface area contributed by atoms with Crippen molar-refractivity contribution in [3.8, 4) is 0 Å². The number of nitrogens with zero attached hydrogens (tertiary/aromatic N) is 1. The van der Waals surface area contributed by atoms with Crippen LogP contribution in [0.1, 0.15) is 10.4 Å². The van der Waals surface area contributed by atoms with E-state index in [1.165, 1.54) is 0 Å². The van der Waals surface area contributed by atoms with Crippen molar-refractivity contribution in [2.45, 2.75) is 4.90 Å². The van der Waals surface area contributed by atoms with E-state index in [1.807, 2.05) is 37.3 Å². The number of carbonyl (C=O) groups is 1. The first-order valence-electron chi connectivity index (χ1n) is 4.92. The first kappa shape index (κ1) is 11.6. The number of hydrogen-bond acceptors (Lipinski definition) is 3. The molecule has 0 unspecified atom stereocenters. The quantitative estimate of drug-likeness (QED) is 0.718. The number of hydrogen-bond donors (Lipinski definition) is 0. The van der Waals surface area contributed by atoms with Crippen LogP contribution in [0.4, 0.5) is 0 Å². The minimum Gasteiger partial charge on any atom is -0.383 e. The van der Waals surface area contributed by atoms with Crippen LogP contribution in [-0.2, 0) is 0 Å². The van der Waals surface area contributed by atoms with Crippen LogP contribution < -0.4 is 0 Å². The van der Waals surface area contributed by atoms with Gasteiger partial charge < -0.3 is 4.90 Å². The number of ketones is 1. The molecule has 2 nitrogen and oxygen atoms in total. The summed E-state index contributed by atoms with van der Waals surface area (Å²) >= 11 is 7.58. The standard InChI is InChI=1S/C12H12ClNOS/c1-14(2)6-8-7-16-11-4-3-9(13)5-10(11)12(8)15/h3-6H,7H2,1-2H3/b8-6-. The van der Waals surface area contributed by atoms with Gasteiger partial charge in [-0.25, -0.2) is 0 Å². The van der Waals surface area contributed by atoms with Crippen molar-refractivity contribution < 1.29 is 4.79 Å². The molecule has 0 N–H and O–H groups in total. The maximum Gasteiger partial charge on any atom is 0.192 e. The molecule has 1 aromatic carbocycles. The molecule has 0 atom stereocenters. The second-order valence-electron chi connectivity index (χ2n) is 3.88. The zero-order valence-electron chi connectivity index (χ0n) is 9.16. The van der Waals surface area contributed by atoms with E-state index in [4.69, 9.17) is 11.6 Å². The Morgan fingerprint density at radius 2 is 2.19 bits per heavy atom. The normalized spacial score (nSPS) is 17.4. The SMILES string of the molecule is CN(C)/C=C1/CSc2ccc(Cl)cc2C1=O. The molecule has 0 saturated carbocycles. The minimum atomic E-state index is 0.0879. The molecule has 16 heavy (non-hydrogen) atoms. The predicted molar refractivity (Wildman–Crippen MR) is 68.3 cm³/mol. The summed E-state index contributed by atoms with van der Waals surface area (Å²) in [6.07, 6.45) is 1.87. The summed E-state index contributed by atoms with van der Waals surface area (Å²) in [5.74, 6) is 0.816. The Hall–Kier alpha value is -0.930. The number of benzene rings is 1. The van der Waals surface area contributed by atoms with Gasteiger partial charge in [-0.15, -0.1) is 11.8 Å². The molecule has 84 valence electrons. The fourth-order valence-corrected chi connectivity index (χ4v) is 2.77. The Labute approximate surface area is 104 Å². The Kier molecular flexibility index (Phi) is 3.26. The highest BCUT2D eigenvalue weighted by atomic mass is 35.5. The number of rotatable bonds is 1. The van der Waals surface area contributed by atoms with Crippen LogP contribution in [0.3, 0.4) is 0 Å². The average Bonchev–Trinajstić information content (AvgIpc) is 2.22. The van der Waals surface area contributed by atoms with E-state index in [9.17, 15) is 4.79 Å².